The molecule has 146 valence electrons. The van der Waals surface area contributed by atoms with Crippen LogP contribution in [0.3, 0.4) is 0 Å². The van der Waals surface area contributed by atoms with Crippen LogP contribution in [0.25, 0.3) is 10.2 Å². The van der Waals surface area contributed by atoms with Gasteiger partial charge in [0.2, 0.25) is 0 Å². The lowest BCUT2D eigenvalue weighted by Gasteiger charge is -2.12. The van der Waals surface area contributed by atoms with Crippen molar-refractivity contribution < 1.29 is 19.1 Å². The fourth-order valence-electron chi connectivity index (χ4n) is 2.80. The number of hydrogen-bond donors (Lipinski definition) is 1. The van der Waals surface area contributed by atoms with Gasteiger partial charge in [-0.3, -0.25) is 9.59 Å². The predicted molar refractivity (Wildman–Crippen MR) is 108 cm³/mol. The van der Waals surface area contributed by atoms with Gasteiger partial charge in [-0.1, -0.05) is 6.07 Å². The van der Waals surface area contributed by atoms with E-state index in [0.717, 1.165) is 20.7 Å². The Balaban J connectivity index is 1.84. The van der Waals surface area contributed by atoms with Gasteiger partial charge in [0.1, 0.15) is 16.5 Å². The number of hydrogen-bond acceptors (Lipinski definition) is 8. The van der Waals surface area contributed by atoms with Crippen molar-refractivity contribution in [3.8, 4) is 11.5 Å². The predicted octanol–water partition coefficient (Wildman–Crippen LogP) is 3.33. The molecule has 0 atom stereocenters. The third-order valence-corrected chi connectivity index (χ3v) is 5.14. The van der Waals surface area contributed by atoms with Crippen molar-refractivity contribution in [2.45, 2.75) is 26.3 Å². The van der Waals surface area contributed by atoms with Gasteiger partial charge in [-0.05, 0) is 30.7 Å². The molecule has 8 heteroatoms. The standard InChI is InChI=1S/C20H21N3O4S/c1-12-8-15-19(21-10-13-4-6-16(26-2)17(9-13)27-3)22-18(23-20(15)28-12)7-5-14(25)11-24/h4,6,8-9,11H,5,7,10H2,1-3H3,(H,21,22,23). The molecule has 0 aliphatic rings. The zero-order valence-electron chi connectivity index (χ0n) is 15.9. The molecule has 28 heavy (non-hydrogen) atoms. The molecule has 0 saturated heterocycles. The molecule has 0 bridgehead atoms. The van der Waals surface area contributed by atoms with E-state index in [-0.39, 0.29) is 6.42 Å². The molecule has 0 radical (unpaired) electrons. The molecule has 3 rings (SSSR count). The van der Waals surface area contributed by atoms with E-state index in [2.05, 4.69) is 15.3 Å². The van der Waals surface area contributed by atoms with Gasteiger partial charge in [0.15, 0.2) is 23.6 Å². The molecule has 2 heterocycles. The second kappa shape index (κ2) is 8.79. The average Bonchev–Trinajstić information content (AvgIpc) is 3.09. The summed E-state index contributed by atoms with van der Waals surface area (Å²) in [5.41, 5.74) is 1.01. The Hall–Kier alpha value is -3.00. The van der Waals surface area contributed by atoms with E-state index in [9.17, 15) is 9.59 Å². The van der Waals surface area contributed by atoms with Crippen LogP contribution in [0.5, 0.6) is 11.5 Å². The number of thiophene rings is 1. The zero-order valence-corrected chi connectivity index (χ0v) is 16.8. The van der Waals surface area contributed by atoms with Crippen LogP contribution in [0.4, 0.5) is 5.82 Å². The van der Waals surface area contributed by atoms with Crippen molar-refractivity contribution in [1.29, 1.82) is 0 Å². The lowest BCUT2D eigenvalue weighted by molar-refractivity contribution is -0.129. The highest BCUT2D eigenvalue weighted by molar-refractivity contribution is 7.18. The summed E-state index contributed by atoms with van der Waals surface area (Å²) >= 11 is 1.57. The molecule has 2 aromatic heterocycles. The summed E-state index contributed by atoms with van der Waals surface area (Å²) in [6.07, 6.45) is 0.772. The number of benzene rings is 1. The van der Waals surface area contributed by atoms with Crippen molar-refractivity contribution in [2.24, 2.45) is 0 Å². The summed E-state index contributed by atoms with van der Waals surface area (Å²) in [6, 6.07) is 7.76. The van der Waals surface area contributed by atoms with E-state index >= 15 is 0 Å². The average molecular weight is 399 g/mol. The number of rotatable bonds is 9. The molecule has 0 fully saturated rings. The monoisotopic (exact) mass is 399 g/mol. The van der Waals surface area contributed by atoms with Crippen LogP contribution in [0, 0.1) is 6.92 Å². The van der Waals surface area contributed by atoms with Crippen molar-refractivity contribution >= 4 is 39.4 Å². The smallest absolute Gasteiger partial charge is 0.195 e. The number of anilines is 1. The first-order chi connectivity index (χ1) is 13.5. The molecule has 0 aliphatic heterocycles. The molecule has 1 N–H and O–H groups in total. The summed E-state index contributed by atoms with van der Waals surface area (Å²) in [6.45, 7) is 2.55. The molecule has 0 saturated carbocycles. The number of aryl methyl sites for hydroxylation is 2. The fraction of sp³-hybridized carbons (Fsp3) is 0.300. The minimum Gasteiger partial charge on any atom is -0.493 e. The molecular weight excluding hydrogens is 378 g/mol. The summed E-state index contributed by atoms with van der Waals surface area (Å²) in [4.78, 5) is 32.9. The Morgan fingerprint density at radius 3 is 2.68 bits per heavy atom. The van der Waals surface area contributed by atoms with Gasteiger partial charge in [-0.15, -0.1) is 11.3 Å². The molecule has 0 spiro atoms. The number of carbonyl (C=O) groups is 2. The zero-order chi connectivity index (χ0) is 20.1. The molecule has 0 aliphatic carbocycles. The molecule has 0 unspecified atom stereocenters. The minimum atomic E-state index is -0.453. The number of fused-ring (bicyclic) bond motifs is 1. The first-order valence-corrected chi connectivity index (χ1v) is 9.55. The maximum absolute atomic E-state index is 11.3. The van der Waals surface area contributed by atoms with Gasteiger partial charge >= 0.3 is 0 Å². The number of nitrogens with zero attached hydrogens (tertiary/aromatic N) is 2. The lowest BCUT2D eigenvalue weighted by atomic mass is 10.2. The first kappa shape index (κ1) is 19.8. The summed E-state index contributed by atoms with van der Waals surface area (Å²) in [7, 11) is 3.20. The summed E-state index contributed by atoms with van der Waals surface area (Å²) in [5.74, 6) is 2.13. The molecule has 1 aromatic carbocycles. The van der Waals surface area contributed by atoms with Crippen molar-refractivity contribution in [3.05, 3.63) is 40.5 Å². The Labute approximate surface area is 166 Å². The maximum atomic E-state index is 11.3. The maximum Gasteiger partial charge on any atom is 0.195 e. The van der Waals surface area contributed by atoms with Crippen LogP contribution in [0.15, 0.2) is 24.3 Å². The quantitative estimate of drug-likeness (QED) is 0.436. The number of methoxy groups -OCH3 is 2. The normalized spacial score (nSPS) is 10.7. The van der Waals surface area contributed by atoms with Crippen LogP contribution in [0.2, 0.25) is 0 Å². The van der Waals surface area contributed by atoms with Gasteiger partial charge in [-0.25, -0.2) is 9.97 Å². The number of ether oxygens (including phenoxy) is 2. The van der Waals surface area contributed by atoms with E-state index < -0.39 is 5.78 Å². The summed E-state index contributed by atoms with van der Waals surface area (Å²) in [5, 5.41) is 4.29. The van der Waals surface area contributed by atoms with Gasteiger partial charge in [0, 0.05) is 24.3 Å². The minimum absolute atomic E-state index is 0.106. The van der Waals surface area contributed by atoms with Gasteiger partial charge in [-0.2, -0.15) is 0 Å². The second-order valence-corrected chi connectivity index (χ2v) is 7.43. The van der Waals surface area contributed by atoms with Crippen molar-refractivity contribution in [3.63, 3.8) is 0 Å². The van der Waals surface area contributed by atoms with Crippen LogP contribution in [-0.2, 0) is 22.6 Å². The number of nitrogens with one attached hydrogen (secondary N) is 1. The highest BCUT2D eigenvalue weighted by Gasteiger charge is 2.12. The largest absolute Gasteiger partial charge is 0.493 e. The van der Waals surface area contributed by atoms with Crippen LogP contribution in [0.1, 0.15) is 22.7 Å². The van der Waals surface area contributed by atoms with Gasteiger partial charge in [0.05, 0.1) is 19.6 Å². The summed E-state index contributed by atoms with van der Waals surface area (Å²) < 4.78 is 10.6. The Morgan fingerprint density at radius 2 is 1.96 bits per heavy atom. The number of aromatic nitrogens is 2. The van der Waals surface area contributed by atoms with E-state index in [0.29, 0.717) is 42.4 Å². The lowest BCUT2D eigenvalue weighted by Crippen LogP contribution is -2.07. The van der Waals surface area contributed by atoms with Crippen LogP contribution < -0.4 is 14.8 Å². The highest BCUT2D eigenvalue weighted by Crippen LogP contribution is 2.30. The number of carbonyl (C=O) groups excluding carboxylic acids is 2. The number of aldehydes is 1. The van der Waals surface area contributed by atoms with E-state index in [1.807, 2.05) is 31.2 Å². The van der Waals surface area contributed by atoms with Gasteiger partial charge in [0.25, 0.3) is 0 Å². The first-order valence-electron chi connectivity index (χ1n) is 8.74. The third-order valence-electron chi connectivity index (χ3n) is 4.20. The van der Waals surface area contributed by atoms with E-state index in [1.165, 1.54) is 0 Å². The molecule has 7 nitrogen and oxygen atoms in total. The van der Waals surface area contributed by atoms with Crippen LogP contribution in [-0.4, -0.2) is 36.3 Å². The topological polar surface area (TPSA) is 90.4 Å². The molecular formula is C20H21N3O4S. The number of ketones is 1. The van der Waals surface area contributed by atoms with E-state index in [1.54, 1.807) is 25.6 Å². The number of Topliss-reactive ketones (excluding diaryl/α,β-unsaturated/α-hetero) is 1. The van der Waals surface area contributed by atoms with Crippen molar-refractivity contribution in [1.82, 2.24) is 9.97 Å². The van der Waals surface area contributed by atoms with Gasteiger partial charge < -0.3 is 14.8 Å². The van der Waals surface area contributed by atoms with Crippen LogP contribution >= 0.6 is 11.3 Å². The fourth-order valence-corrected chi connectivity index (χ4v) is 3.70. The Bertz CT molecular complexity index is 1020. The third kappa shape index (κ3) is 4.45. The Kier molecular flexibility index (Phi) is 6.20. The Morgan fingerprint density at radius 1 is 1.18 bits per heavy atom. The van der Waals surface area contributed by atoms with Crippen molar-refractivity contribution in [2.75, 3.05) is 19.5 Å². The highest BCUT2D eigenvalue weighted by atomic mass is 32.1. The van der Waals surface area contributed by atoms with E-state index in [4.69, 9.17) is 9.47 Å². The molecule has 3 aromatic rings. The second-order valence-electron chi connectivity index (χ2n) is 6.19. The SMILES string of the molecule is COc1ccc(CNc2nc(CCC(=O)C=O)nc3sc(C)cc23)cc1OC. The molecule has 0 amide bonds.